The molecule has 0 radical (unpaired) electrons. The Morgan fingerprint density at radius 3 is 2.50 bits per heavy atom. The highest BCUT2D eigenvalue weighted by Gasteiger charge is 2.07. The van der Waals surface area contributed by atoms with Gasteiger partial charge in [0.15, 0.2) is 0 Å². The number of aryl methyl sites for hydroxylation is 1. The number of carbonyl (C=O) groups is 2. The minimum atomic E-state index is -0.828. The van der Waals surface area contributed by atoms with Crippen molar-refractivity contribution in [1.82, 2.24) is 0 Å². The number of anilines is 1. The first-order chi connectivity index (χ1) is 11.6. The molecule has 0 aliphatic carbocycles. The number of hydrogen-bond acceptors (Lipinski definition) is 3. The molecule has 126 valence electrons. The number of thioether (sulfide) groups is 1. The lowest BCUT2D eigenvalue weighted by Gasteiger charge is -2.08. The number of rotatable bonds is 8. The van der Waals surface area contributed by atoms with Crippen molar-refractivity contribution in [1.29, 1.82) is 0 Å². The van der Waals surface area contributed by atoms with Crippen LogP contribution in [-0.2, 0) is 17.0 Å². The van der Waals surface area contributed by atoms with Crippen LogP contribution >= 0.6 is 11.8 Å². The second kappa shape index (κ2) is 9.13. The van der Waals surface area contributed by atoms with Crippen molar-refractivity contribution in [3.05, 3.63) is 65.2 Å². The van der Waals surface area contributed by atoms with E-state index in [1.54, 1.807) is 6.07 Å². The molecule has 0 heterocycles. The molecule has 0 fully saturated rings. The van der Waals surface area contributed by atoms with Gasteiger partial charge < -0.3 is 10.4 Å². The molecular formula is C19H21NO3S. The van der Waals surface area contributed by atoms with E-state index in [1.165, 1.54) is 5.56 Å². The molecule has 0 aliphatic heterocycles. The molecule has 24 heavy (non-hydrogen) atoms. The van der Waals surface area contributed by atoms with Crippen LogP contribution < -0.4 is 5.32 Å². The topological polar surface area (TPSA) is 66.4 Å². The van der Waals surface area contributed by atoms with Crippen molar-refractivity contribution in [2.24, 2.45) is 0 Å². The standard InChI is InChI=1S/C19H21NO3S/c1-2-24-13-15-6-9-16(10-7-15)19(23)20-17-5-3-4-14(12-17)8-11-18(21)22/h3-7,9-10,12H,2,8,11,13H2,1H3,(H,20,23)(H,21,22). The predicted octanol–water partition coefficient (Wildman–Crippen LogP) is 4.21. The first kappa shape index (κ1) is 18.1. The third kappa shape index (κ3) is 5.74. The quantitative estimate of drug-likeness (QED) is 0.753. The minimum absolute atomic E-state index is 0.0780. The maximum Gasteiger partial charge on any atom is 0.303 e. The van der Waals surface area contributed by atoms with Crippen molar-refractivity contribution in [2.45, 2.75) is 25.5 Å². The minimum Gasteiger partial charge on any atom is -0.481 e. The van der Waals surface area contributed by atoms with Gasteiger partial charge in [-0.05, 0) is 47.6 Å². The van der Waals surface area contributed by atoms with Gasteiger partial charge >= 0.3 is 5.97 Å². The fraction of sp³-hybridized carbons (Fsp3) is 0.263. The second-order valence-corrected chi connectivity index (χ2v) is 6.66. The van der Waals surface area contributed by atoms with Crippen LogP contribution in [0.15, 0.2) is 48.5 Å². The molecule has 2 aromatic rings. The highest BCUT2D eigenvalue weighted by atomic mass is 32.2. The van der Waals surface area contributed by atoms with Gasteiger partial charge in [-0.1, -0.05) is 31.2 Å². The van der Waals surface area contributed by atoms with Gasteiger partial charge in [-0.3, -0.25) is 9.59 Å². The molecule has 0 bridgehead atoms. The van der Waals surface area contributed by atoms with Crippen molar-refractivity contribution in [3.63, 3.8) is 0 Å². The summed E-state index contributed by atoms with van der Waals surface area (Å²) in [6.07, 6.45) is 0.525. The zero-order valence-corrected chi connectivity index (χ0v) is 14.4. The number of carboxylic acid groups (broad SMARTS) is 1. The summed E-state index contributed by atoms with van der Waals surface area (Å²) in [6, 6.07) is 14.9. The maximum atomic E-state index is 12.3. The zero-order chi connectivity index (χ0) is 17.4. The summed E-state index contributed by atoms with van der Waals surface area (Å²) in [5.74, 6) is 1.02. The first-order valence-corrected chi connectivity index (χ1v) is 9.02. The lowest BCUT2D eigenvalue weighted by molar-refractivity contribution is -0.136. The molecule has 0 aliphatic rings. The molecule has 0 atom stereocenters. The Bertz CT molecular complexity index is 698. The fourth-order valence-corrected chi connectivity index (χ4v) is 2.86. The van der Waals surface area contributed by atoms with Crippen LogP contribution in [0.4, 0.5) is 5.69 Å². The molecule has 2 N–H and O–H groups in total. The Hall–Kier alpha value is -2.27. The van der Waals surface area contributed by atoms with Gasteiger partial charge in [0.05, 0.1) is 0 Å². The monoisotopic (exact) mass is 343 g/mol. The first-order valence-electron chi connectivity index (χ1n) is 7.87. The number of aliphatic carboxylic acids is 1. The van der Waals surface area contributed by atoms with Crippen LogP contribution in [0.3, 0.4) is 0 Å². The van der Waals surface area contributed by atoms with Crippen LogP contribution in [0.5, 0.6) is 0 Å². The molecule has 0 unspecified atom stereocenters. The van der Waals surface area contributed by atoms with Crippen LogP contribution in [0.2, 0.25) is 0 Å². The number of benzene rings is 2. The SMILES string of the molecule is CCSCc1ccc(C(=O)Nc2cccc(CCC(=O)O)c2)cc1. The van der Waals surface area contributed by atoms with E-state index in [4.69, 9.17) is 5.11 Å². The van der Waals surface area contributed by atoms with Crippen LogP contribution in [0, 0.1) is 0 Å². The average Bonchev–Trinajstić information content (AvgIpc) is 2.59. The number of amides is 1. The summed E-state index contributed by atoms with van der Waals surface area (Å²) in [6.45, 7) is 2.12. The highest BCUT2D eigenvalue weighted by molar-refractivity contribution is 7.98. The largest absolute Gasteiger partial charge is 0.481 e. The van der Waals surface area contributed by atoms with Crippen molar-refractivity contribution >= 4 is 29.3 Å². The summed E-state index contributed by atoms with van der Waals surface area (Å²) >= 11 is 1.84. The molecule has 1 amide bonds. The van der Waals surface area contributed by atoms with Gasteiger partial charge in [0.25, 0.3) is 5.91 Å². The lowest BCUT2D eigenvalue weighted by Crippen LogP contribution is -2.12. The Labute approximate surface area is 146 Å². The molecule has 5 heteroatoms. The normalized spacial score (nSPS) is 10.4. The fourth-order valence-electron chi connectivity index (χ4n) is 2.23. The number of nitrogens with one attached hydrogen (secondary N) is 1. The molecule has 0 saturated heterocycles. The number of carboxylic acids is 1. The van der Waals surface area contributed by atoms with E-state index in [9.17, 15) is 9.59 Å². The van der Waals surface area contributed by atoms with E-state index in [2.05, 4.69) is 12.2 Å². The lowest BCUT2D eigenvalue weighted by atomic mass is 10.1. The van der Waals surface area contributed by atoms with Gasteiger partial charge in [0, 0.05) is 23.4 Å². The van der Waals surface area contributed by atoms with E-state index in [-0.39, 0.29) is 12.3 Å². The van der Waals surface area contributed by atoms with Gasteiger partial charge in [-0.25, -0.2) is 0 Å². The van der Waals surface area contributed by atoms with Crippen LogP contribution in [0.1, 0.15) is 34.8 Å². The molecule has 0 saturated carbocycles. The third-order valence-electron chi connectivity index (χ3n) is 3.50. The average molecular weight is 343 g/mol. The van der Waals surface area contributed by atoms with Crippen LogP contribution in [0.25, 0.3) is 0 Å². The summed E-state index contributed by atoms with van der Waals surface area (Å²) in [4.78, 5) is 22.9. The van der Waals surface area contributed by atoms with Crippen molar-refractivity contribution in [2.75, 3.05) is 11.1 Å². The van der Waals surface area contributed by atoms with E-state index in [0.717, 1.165) is 17.1 Å². The van der Waals surface area contributed by atoms with Gasteiger partial charge in [-0.15, -0.1) is 0 Å². The predicted molar refractivity (Wildman–Crippen MR) is 98.6 cm³/mol. The number of hydrogen-bond donors (Lipinski definition) is 2. The van der Waals surface area contributed by atoms with Crippen molar-refractivity contribution < 1.29 is 14.7 Å². The van der Waals surface area contributed by atoms with E-state index in [0.29, 0.717) is 17.7 Å². The summed E-state index contributed by atoms with van der Waals surface area (Å²) in [7, 11) is 0. The van der Waals surface area contributed by atoms with E-state index < -0.39 is 5.97 Å². The molecule has 2 rings (SSSR count). The van der Waals surface area contributed by atoms with E-state index >= 15 is 0 Å². The third-order valence-corrected chi connectivity index (χ3v) is 4.45. The Balaban J connectivity index is 1.98. The van der Waals surface area contributed by atoms with Gasteiger partial charge in [0.1, 0.15) is 0 Å². The summed E-state index contributed by atoms with van der Waals surface area (Å²) in [5.41, 5.74) is 3.38. The summed E-state index contributed by atoms with van der Waals surface area (Å²) < 4.78 is 0. The number of carbonyl (C=O) groups excluding carboxylic acids is 1. The van der Waals surface area contributed by atoms with Gasteiger partial charge in [-0.2, -0.15) is 11.8 Å². The van der Waals surface area contributed by atoms with Crippen LogP contribution in [-0.4, -0.2) is 22.7 Å². The zero-order valence-electron chi connectivity index (χ0n) is 13.6. The maximum absolute atomic E-state index is 12.3. The second-order valence-electron chi connectivity index (χ2n) is 5.38. The highest BCUT2D eigenvalue weighted by Crippen LogP contribution is 2.16. The molecule has 2 aromatic carbocycles. The van der Waals surface area contributed by atoms with Crippen molar-refractivity contribution in [3.8, 4) is 0 Å². The Morgan fingerprint density at radius 1 is 1.08 bits per heavy atom. The Kier molecular flexibility index (Phi) is 6.88. The molecule has 0 spiro atoms. The summed E-state index contributed by atoms with van der Waals surface area (Å²) in [5, 5.41) is 11.6. The Morgan fingerprint density at radius 2 is 1.83 bits per heavy atom. The molecule has 4 nitrogen and oxygen atoms in total. The van der Waals surface area contributed by atoms with E-state index in [1.807, 2.05) is 54.2 Å². The van der Waals surface area contributed by atoms with Gasteiger partial charge in [0.2, 0.25) is 0 Å². The smallest absolute Gasteiger partial charge is 0.303 e. The molecular weight excluding hydrogens is 322 g/mol. The molecule has 0 aromatic heterocycles.